The predicted molar refractivity (Wildman–Crippen MR) is 78.6 cm³/mol. The van der Waals surface area contributed by atoms with Gasteiger partial charge in [0, 0.05) is 19.3 Å². The van der Waals surface area contributed by atoms with Crippen molar-refractivity contribution < 1.29 is 4.79 Å². The number of ketones is 1. The van der Waals surface area contributed by atoms with Crippen LogP contribution in [0.15, 0.2) is 30.0 Å². The van der Waals surface area contributed by atoms with Crippen molar-refractivity contribution >= 4 is 11.6 Å². The van der Waals surface area contributed by atoms with Gasteiger partial charge >= 0.3 is 0 Å². The molecule has 19 heavy (non-hydrogen) atoms. The Hall–Kier alpha value is -1.64. The average Bonchev–Trinajstić information content (AvgIpc) is 2.38. The minimum Gasteiger partial charge on any atom is -0.352 e. The van der Waals surface area contributed by atoms with Crippen LogP contribution in [0.25, 0.3) is 0 Å². The van der Waals surface area contributed by atoms with Crippen LogP contribution in [-0.2, 0) is 0 Å². The highest BCUT2D eigenvalue weighted by molar-refractivity contribution is 5.98. The highest BCUT2D eigenvalue weighted by Gasteiger charge is 2.23. The summed E-state index contributed by atoms with van der Waals surface area (Å²) in [6, 6.07) is 3.67. The number of hydrogen-bond donors (Lipinski definition) is 0. The van der Waals surface area contributed by atoms with E-state index >= 15 is 0 Å². The highest BCUT2D eigenvalue weighted by Crippen LogP contribution is 2.31. The molecule has 0 atom stereocenters. The van der Waals surface area contributed by atoms with Crippen molar-refractivity contribution in [2.75, 3.05) is 18.0 Å². The fraction of sp³-hybridized carbons (Fsp3) is 0.500. The van der Waals surface area contributed by atoms with Gasteiger partial charge in [0.25, 0.3) is 0 Å². The van der Waals surface area contributed by atoms with E-state index in [9.17, 15) is 4.79 Å². The number of pyridine rings is 1. The van der Waals surface area contributed by atoms with E-state index in [1.807, 2.05) is 12.1 Å². The number of anilines is 1. The van der Waals surface area contributed by atoms with Gasteiger partial charge in [0.2, 0.25) is 0 Å². The molecule has 0 unspecified atom stereocenters. The zero-order valence-electron chi connectivity index (χ0n) is 12.2. The molecule has 2 rings (SSSR count). The first kappa shape index (κ1) is 13.8. The Labute approximate surface area is 115 Å². The van der Waals surface area contributed by atoms with Crippen molar-refractivity contribution in [1.29, 1.82) is 0 Å². The predicted octanol–water partition coefficient (Wildman–Crippen LogP) is 3.47. The summed E-state index contributed by atoms with van der Waals surface area (Å²) in [5.74, 6) is 0.896. The lowest BCUT2D eigenvalue weighted by atomic mass is 9.83. The topological polar surface area (TPSA) is 33.2 Å². The lowest BCUT2D eigenvalue weighted by Crippen LogP contribution is -2.32. The van der Waals surface area contributed by atoms with Gasteiger partial charge in [0.15, 0.2) is 5.78 Å². The molecule has 0 aliphatic carbocycles. The Bertz CT molecular complexity index is 512. The van der Waals surface area contributed by atoms with E-state index in [1.165, 1.54) is 5.57 Å². The van der Waals surface area contributed by atoms with Crippen LogP contribution in [0, 0.1) is 5.41 Å². The number of carbonyl (C=O) groups is 1. The van der Waals surface area contributed by atoms with Gasteiger partial charge in [-0.3, -0.25) is 4.79 Å². The van der Waals surface area contributed by atoms with Gasteiger partial charge in [0.1, 0.15) is 5.82 Å². The van der Waals surface area contributed by atoms with E-state index in [2.05, 4.69) is 36.7 Å². The molecule has 1 aromatic rings. The Balaban J connectivity index is 2.23. The maximum Gasteiger partial charge on any atom is 0.163 e. The van der Waals surface area contributed by atoms with Crippen molar-refractivity contribution in [3.05, 3.63) is 35.5 Å². The normalized spacial score (nSPS) is 16.2. The lowest BCUT2D eigenvalue weighted by molar-refractivity contribution is 0.101. The van der Waals surface area contributed by atoms with Crippen LogP contribution in [0.5, 0.6) is 0 Å². The standard InChI is InChI=1S/C16H22N2O/c1-12(19)14-6-5-9-17-15(14)18-10-7-13(8-11-18)16(2,3)4/h5-7,9H,8,10-11H2,1-4H3. The van der Waals surface area contributed by atoms with Crippen molar-refractivity contribution in [3.63, 3.8) is 0 Å². The Kier molecular flexibility index (Phi) is 3.74. The Morgan fingerprint density at radius 2 is 2.11 bits per heavy atom. The molecule has 3 nitrogen and oxygen atoms in total. The van der Waals surface area contributed by atoms with Crippen molar-refractivity contribution in [2.45, 2.75) is 34.1 Å². The highest BCUT2D eigenvalue weighted by atomic mass is 16.1. The third-order valence-corrected chi connectivity index (χ3v) is 3.64. The zero-order valence-corrected chi connectivity index (χ0v) is 12.2. The minimum absolute atomic E-state index is 0.0775. The monoisotopic (exact) mass is 258 g/mol. The van der Waals surface area contributed by atoms with Gasteiger partial charge in [-0.1, -0.05) is 32.4 Å². The van der Waals surface area contributed by atoms with E-state index in [4.69, 9.17) is 0 Å². The van der Waals surface area contributed by atoms with Gasteiger partial charge < -0.3 is 4.90 Å². The van der Waals surface area contributed by atoms with Crippen LogP contribution in [0.1, 0.15) is 44.5 Å². The third-order valence-electron chi connectivity index (χ3n) is 3.64. The number of hydrogen-bond acceptors (Lipinski definition) is 3. The van der Waals surface area contributed by atoms with E-state index in [0.29, 0.717) is 0 Å². The van der Waals surface area contributed by atoms with Crippen LogP contribution in [0.4, 0.5) is 5.82 Å². The summed E-state index contributed by atoms with van der Waals surface area (Å²) in [5, 5.41) is 0. The molecule has 102 valence electrons. The van der Waals surface area contributed by atoms with E-state index in [1.54, 1.807) is 13.1 Å². The van der Waals surface area contributed by atoms with Crippen molar-refractivity contribution in [2.24, 2.45) is 5.41 Å². The van der Waals surface area contributed by atoms with Gasteiger partial charge in [-0.25, -0.2) is 4.98 Å². The summed E-state index contributed by atoms with van der Waals surface area (Å²) in [7, 11) is 0. The smallest absolute Gasteiger partial charge is 0.163 e. The number of Topliss-reactive ketones (excluding diaryl/α,β-unsaturated/α-hetero) is 1. The Morgan fingerprint density at radius 3 is 2.63 bits per heavy atom. The molecule has 2 heterocycles. The number of rotatable bonds is 2. The van der Waals surface area contributed by atoms with Gasteiger partial charge in [0.05, 0.1) is 5.56 Å². The van der Waals surface area contributed by atoms with E-state index in [-0.39, 0.29) is 11.2 Å². The summed E-state index contributed by atoms with van der Waals surface area (Å²) in [5.41, 5.74) is 2.44. The van der Waals surface area contributed by atoms with Crippen molar-refractivity contribution in [1.82, 2.24) is 4.98 Å². The first-order valence-electron chi connectivity index (χ1n) is 6.80. The molecule has 1 aliphatic rings. The first-order valence-corrected chi connectivity index (χ1v) is 6.80. The van der Waals surface area contributed by atoms with Crippen LogP contribution in [0.3, 0.4) is 0 Å². The fourth-order valence-corrected chi connectivity index (χ4v) is 2.47. The molecule has 0 spiro atoms. The molecule has 3 heteroatoms. The molecule has 0 bridgehead atoms. The van der Waals surface area contributed by atoms with Gasteiger partial charge in [-0.2, -0.15) is 0 Å². The lowest BCUT2D eigenvalue weighted by Gasteiger charge is -2.33. The second-order valence-corrected chi connectivity index (χ2v) is 6.11. The molecule has 1 aromatic heterocycles. The summed E-state index contributed by atoms with van der Waals surface area (Å²) in [6.45, 7) is 10.1. The SMILES string of the molecule is CC(=O)c1cccnc1N1CC=C(C(C)(C)C)CC1. The third kappa shape index (κ3) is 3.03. The molecule has 0 fully saturated rings. The molecule has 0 amide bonds. The molecule has 0 saturated carbocycles. The number of carbonyl (C=O) groups excluding carboxylic acids is 1. The summed E-state index contributed by atoms with van der Waals surface area (Å²) in [4.78, 5) is 18.2. The second-order valence-electron chi connectivity index (χ2n) is 6.11. The van der Waals surface area contributed by atoms with Crippen LogP contribution in [-0.4, -0.2) is 23.9 Å². The van der Waals surface area contributed by atoms with E-state index < -0.39 is 0 Å². The maximum atomic E-state index is 11.7. The minimum atomic E-state index is 0.0775. The van der Waals surface area contributed by atoms with Gasteiger partial charge in [-0.15, -0.1) is 0 Å². The zero-order chi connectivity index (χ0) is 14.0. The summed E-state index contributed by atoms with van der Waals surface area (Å²) in [6.07, 6.45) is 5.07. The van der Waals surface area contributed by atoms with Crippen LogP contribution in [0.2, 0.25) is 0 Å². The average molecular weight is 258 g/mol. The maximum absolute atomic E-state index is 11.7. The summed E-state index contributed by atoms with van der Waals surface area (Å²) < 4.78 is 0. The van der Waals surface area contributed by atoms with Gasteiger partial charge in [-0.05, 0) is 30.9 Å². The van der Waals surface area contributed by atoms with Crippen LogP contribution >= 0.6 is 0 Å². The molecular weight excluding hydrogens is 236 g/mol. The second kappa shape index (κ2) is 5.16. The number of aromatic nitrogens is 1. The molecule has 0 radical (unpaired) electrons. The summed E-state index contributed by atoms with van der Waals surface area (Å²) >= 11 is 0. The van der Waals surface area contributed by atoms with E-state index in [0.717, 1.165) is 30.9 Å². The molecular formula is C16H22N2O. The van der Waals surface area contributed by atoms with Crippen molar-refractivity contribution in [3.8, 4) is 0 Å². The fourth-order valence-electron chi connectivity index (χ4n) is 2.47. The number of nitrogens with zero attached hydrogens (tertiary/aromatic N) is 2. The first-order chi connectivity index (χ1) is 8.89. The van der Waals surface area contributed by atoms with Crippen LogP contribution < -0.4 is 4.90 Å². The molecule has 0 saturated heterocycles. The quantitative estimate of drug-likeness (QED) is 0.601. The largest absolute Gasteiger partial charge is 0.352 e. The molecule has 0 aromatic carbocycles. The Morgan fingerprint density at radius 1 is 1.37 bits per heavy atom. The molecule has 1 aliphatic heterocycles. The molecule has 0 N–H and O–H groups in total.